The molecule has 2 aliphatic rings. The van der Waals surface area contributed by atoms with Crippen molar-refractivity contribution in [2.75, 3.05) is 0 Å². The maximum Gasteiger partial charge on any atom is 0.417 e. The highest BCUT2D eigenvalue weighted by Crippen LogP contribution is 2.47. The van der Waals surface area contributed by atoms with Crippen LogP contribution in [0.1, 0.15) is 79.7 Å². The van der Waals surface area contributed by atoms with Gasteiger partial charge in [-0.2, -0.15) is 5.10 Å². The maximum absolute atomic E-state index is 13.5. The molecule has 2 atom stereocenters. The van der Waals surface area contributed by atoms with E-state index in [-0.39, 0.29) is 11.5 Å². The molecule has 2 fully saturated rings. The van der Waals surface area contributed by atoms with Crippen LogP contribution in [0.2, 0.25) is 5.02 Å². The third-order valence-electron chi connectivity index (χ3n) is 5.41. The number of amides is 2. The average molecular weight is 491 g/mol. The Kier molecular flexibility index (Phi) is 6.38. The van der Waals surface area contributed by atoms with E-state index in [4.69, 9.17) is 16.3 Å². The molecule has 0 saturated heterocycles. The fraction of sp³-hybridized carbons (Fsp3) is 0.500. The monoisotopic (exact) mass is 490 g/mol. The molecule has 0 aliphatic heterocycles. The quantitative estimate of drug-likeness (QED) is 0.557. The summed E-state index contributed by atoms with van der Waals surface area (Å²) in [5.74, 6) is 5.39. The first kappa shape index (κ1) is 24.1. The molecule has 0 bridgehead atoms. The minimum Gasteiger partial charge on any atom is -0.443 e. The van der Waals surface area contributed by atoms with Crippen molar-refractivity contribution in [2.24, 2.45) is 13.0 Å². The fourth-order valence-corrected chi connectivity index (χ4v) is 3.91. The Hall–Kier alpha value is -2.99. The Morgan fingerprint density at radius 1 is 1.32 bits per heavy atom. The molecule has 2 aromatic rings. The SMILES string of the molecule is Cn1cc(C(=O)N(C(=O)OC(C)(C)C)C2CC2c2ncc(C#CC3CC3)cc2Cl)c(C(F)F)n1. The van der Waals surface area contributed by atoms with Crippen molar-refractivity contribution < 1.29 is 23.1 Å². The molecule has 0 radical (unpaired) electrons. The van der Waals surface area contributed by atoms with Crippen molar-refractivity contribution >= 4 is 23.6 Å². The number of ether oxygens (including phenoxy) is 1. The van der Waals surface area contributed by atoms with Gasteiger partial charge in [0.05, 0.1) is 22.3 Å². The van der Waals surface area contributed by atoms with Crippen LogP contribution in [0.5, 0.6) is 0 Å². The maximum atomic E-state index is 13.5. The fourth-order valence-electron chi connectivity index (χ4n) is 3.60. The zero-order valence-electron chi connectivity index (χ0n) is 19.3. The summed E-state index contributed by atoms with van der Waals surface area (Å²) >= 11 is 6.46. The molecule has 2 unspecified atom stereocenters. The Balaban J connectivity index is 1.61. The number of imide groups is 1. The summed E-state index contributed by atoms with van der Waals surface area (Å²) in [5, 5.41) is 4.06. The second-order valence-electron chi connectivity index (χ2n) is 9.60. The number of alkyl halides is 2. The number of aryl methyl sites for hydroxylation is 1. The molecule has 0 N–H and O–H groups in total. The van der Waals surface area contributed by atoms with E-state index in [9.17, 15) is 18.4 Å². The van der Waals surface area contributed by atoms with Crippen LogP contribution in [0.3, 0.4) is 0 Å². The number of aromatic nitrogens is 3. The van der Waals surface area contributed by atoms with Crippen molar-refractivity contribution in [1.82, 2.24) is 19.7 Å². The molecule has 2 aliphatic carbocycles. The van der Waals surface area contributed by atoms with Gasteiger partial charge in [0.1, 0.15) is 11.3 Å². The predicted molar refractivity (Wildman–Crippen MR) is 121 cm³/mol. The lowest BCUT2D eigenvalue weighted by Crippen LogP contribution is -2.43. The van der Waals surface area contributed by atoms with Crippen LogP contribution >= 0.6 is 11.6 Å². The van der Waals surface area contributed by atoms with E-state index >= 15 is 0 Å². The molecule has 0 aromatic carbocycles. The van der Waals surface area contributed by atoms with E-state index in [2.05, 4.69) is 21.9 Å². The van der Waals surface area contributed by atoms with Gasteiger partial charge in [-0.1, -0.05) is 23.4 Å². The summed E-state index contributed by atoms with van der Waals surface area (Å²) in [7, 11) is 1.43. The van der Waals surface area contributed by atoms with Crippen molar-refractivity contribution in [3.8, 4) is 11.8 Å². The van der Waals surface area contributed by atoms with Gasteiger partial charge in [-0.15, -0.1) is 0 Å². The normalized spacial score (nSPS) is 19.4. The van der Waals surface area contributed by atoms with Crippen LogP contribution in [-0.4, -0.2) is 43.3 Å². The summed E-state index contributed by atoms with van der Waals surface area (Å²) in [6.07, 6.45) is 1.49. The lowest BCUT2D eigenvalue weighted by Gasteiger charge is -2.26. The van der Waals surface area contributed by atoms with Crippen LogP contribution in [0.25, 0.3) is 0 Å². The molecule has 7 nitrogen and oxygen atoms in total. The average Bonchev–Trinajstić information content (AvgIpc) is 3.64. The van der Waals surface area contributed by atoms with E-state index in [0.29, 0.717) is 28.6 Å². The summed E-state index contributed by atoms with van der Waals surface area (Å²) in [4.78, 5) is 31.7. The van der Waals surface area contributed by atoms with Crippen LogP contribution in [0.4, 0.5) is 13.6 Å². The second kappa shape index (κ2) is 8.99. The van der Waals surface area contributed by atoms with Gasteiger partial charge in [0.2, 0.25) is 0 Å². The van der Waals surface area contributed by atoms with E-state index < -0.39 is 35.8 Å². The van der Waals surface area contributed by atoms with Gasteiger partial charge in [0.25, 0.3) is 12.3 Å². The number of halogens is 3. The summed E-state index contributed by atoms with van der Waals surface area (Å²) in [5.41, 5.74) is -0.718. The van der Waals surface area contributed by atoms with E-state index in [1.807, 2.05) is 0 Å². The molecular formula is C24H25ClF2N4O3. The summed E-state index contributed by atoms with van der Waals surface area (Å²) < 4.78 is 33.5. The third kappa shape index (κ3) is 5.39. The first-order valence-electron chi connectivity index (χ1n) is 11.0. The minimum absolute atomic E-state index is 0.346. The number of nitrogens with zero attached hydrogens (tertiary/aromatic N) is 4. The summed E-state index contributed by atoms with van der Waals surface area (Å²) in [6, 6.07) is 1.08. The van der Waals surface area contributed by atoms with Crippen molar-refractivity contribution in [3.05, 3.63) is 46.0 Å². The van der Waals surface area contributed by atoms with Gasteiger partial charge in [-0.05, 0) is 46.1 Å². The number of pyridine rings is 1. The van der Waals surface area contributed by atoms with Gasteiger partial charge in [-0.25, -0.2) is 18.5 Å². The van der Waals surface area contributed by atoms with Gasteiger partial charge < -0.3 is 4.74 Å². The molecule has 0 spiro atoms. The van der Waals surface area contributed by atoms with Crippen molar-refractivity contribution in [2.45, 2.75) is 64.0 Å². The zero-order valence-corrected chi connectivity index (χ0v) is 20.1. The number of carbonyl (C=O) groups excluding carboxylic acids is 2. The Labute approximate surface area is 201 Å². The molecule has 34 heavy (non-hydrogen) atoms. The molecule has 10 heteroatoms. The number of rotatable bonds is 4. The van der Waals surface area contributed by atoms with Gasteiger partial charge in [0, 0.05) is 36.8 Å². The van der Waals surface area contributed by atoms with E-state index in [1.165, 1.54) is 13.2 Å². The van der Waals surface area contributed by atoms with Crippen LogP contribution in [0.15, 0.2) is 18.5 Å². The first-order chi connectivity index (χ1) is 15.9. The van der Waals surface area contributed by atoms with Crippen LogP contribution < -0.4 is 0 Å². The van der Waals surface area contributed by atoms with E-state index in [1.54, 1.807) is 33.0 Å². The molecule has 180 valence electrons. The molecule has 2 heterocycles. The van der Waals surface area contributed by atoms with Crippen molar-refractivity contribution in [1.29, 1.82) is 0 Å². The standard InChI is InChI=1S/C24H25ClF2N4O3/c1-24(2,3)34-23(33)31(22(32)16-12-30(4)29-20(16)21(26)27)18-10-15(18)19-17(25)9-14(11-28-19)8-7-13-5-6-13/h9,11-13,15,18,21H,5-6,10H2,1-4H3. The Morgan fingerprint density at radius 3 is 2.62 bits per heavy atom. The van der Waals surface area contributed by atoms with Crippen molar-refractivity contribution in [3.63, 3.8) is 0 Å². The highest BCUT2D eigenvalue weighted by molar-refractivity contribution is 6.31. The zero-order chi connectivity index (χ0) is 24.8. The van der Waals surface area contributed by atoms with Crippen LogP contribution in [0, 0.1) is 17.8 Å². The lowest BCUT2D eigenvalue weighted by molar-refractivity contribution is 0.0221. The largest absolute Gasteiger partial charge is 0.443 e. The second-order valence-corrected chi connectivity index (χ2v) is 10.0. The first-order valence-corrected chi connectivity index (χ1v) is 11.4. The third-order valence-corrected chi connectivity index (χ3v) is 5.71. The van der Waals surface area contributed by atoms with E-state index in [0.717, 1.165) is 22.4 Å². The molecule has 4 rings (SSSR count). The number of hydrogen-bond acceptors (Lipinski definition) is 5. The highest BCUT2D eigenvalue weighted by atomic mass is 35.5. The number of carbonyl (C=O) groups is 2. The molecular weight excluding hydrogens is 466 g/mol. The minimum atomic E-state index is -2.98. The Bertz CT molecular complexity index is 1190. The molecule has 2 amide bonds. The van der Waals surface area contributed by atoms with Gasteiger partial charge >= 0.3 is 6.09 Å². The Morgan fingerprint density at radius 2 is 2.03 bits per heavy atom. The van der Waals surface area contributed by atoms with Gasteiger partial charge in [0.15, 0.2) is 0 Å². The topological polar surface area (TPSA) is 77.3 Å². The molecule has 2 saturated carbocycles. The smallest absolute Gasteiger partial charge is 0.417 e. The van der Waals surface area contributed by atoms with Gasteiger partial charge in [-0.3, -0.25) is 14.5 Å². The predicted octanol–water partition coefficient (Wildman–Crippen LogP) is 5.10. The van der Waals surface area contributed by atoms with Crippen LogP contribution in [-0.2, 0) is 11.8 Å². The molecule has 2 aromatic heterocycles. The highest BCUT2D eigenvalue weighted by Gasteiger charge is 2.51. The number of hydrogen-bond donors (Lipinski definition) is 0. The lowest BCUT2D eigenvalue weighted by atomic mass is 10.1. The summed E-state index contributed by atoms with van der Waals surface area (Å²) in [6.45, 7) is 4.98.